The van der Waals surface area contributed by atoms with Gasteiger partial charge in [0.2, 0.25) is 0 Å². The molecule has 244 valence electrons. The third-order valence-electron chi connectivity index (χ3n) is 9.35. The maximum absolute atomic E-state index is 13.3. The van der Waals surface area contributed by atoms with Gasteiger partial charge in [0.1, 0.15) is 13.2 Å². The first kappa shape index (κ1) is 32.1. The van der Waals surface area contributed by atoms with E-state index in [0.29, 0.717) is 0 Å². The summed E-state index contributed by atoms with van der Waals surface area (Å²) in [5.74, 6) is 0. The molecule has 5 unspecified atom stereocenters. The molecule has 43 heavy (non-hydrogen) atoms. The van der Waals surface area contributed by atoms with Crippen LogP contribution in [0.3, 0.4) is 0 Å². The Morgan fingerprint density at radius 3 is 1.60 bits per heavy atom. The lowest BCUT2D eigenvalue weighted by molar-refractivity contribution is -1.04. The smallest absolute Gasteiger partial charge is 0.376 e. The molecule has 0 aromatic carbocycles. The summed E-state index contributed by atoms with van der Waals surface area (Å²) >= 11 is 0. The number of quaternary nitrogens is 1. The topological polar surface area (TPSA) is 187 Å². The molecule has 0 aromatic heterocycles. The number of carbonyl (C=O) groups excluding carboxylic acids is 3. The van der Waals surface area contributed by atoms with E-state index in [1.54, 1.807) is 0 Å². The average Bonchev–Trinajstić information content (AvgIpc) is 3.48. The minimum atomic E-state index is -1.67. The summed E-state index contributed by atoms with van der Waals surface area (Å²) in [7, 11) is 0. The summed E-state index contributed by atoms with van der Waals surface area (Å²) in [5, 5.41) is 53.3. The van der Waals surface area contributed by atoms with Crippen molar-refractivity contribution < 1.29 is 54.1 Å². The van der Waals surface area contributed by atoms with Crippen LogP contribution in [0.15, 0.2) is 0 Å². The van der Waals surface area contributed by atoms with Crippen molar-refractivity contribution in [2.75, 3.05) is 52.7 Å². The minimum Gasteiger partial charge on any atom is -0.376 e. The number of ether oxygens (including phenoxy) is 2. The largest absolute Gasteiger partial charge is 0.454 e. The van der Waals surface area contributed by atoms with Gasteiger partial charge in [-0.2, -0.15) is 0 Å². The average molecular weight is 616 g/mol. The van der Waals surface area contributed by atoms with Gasteiger partial charge in [0.25, 0.3) is 0 Å². The lowest BCUT2D eigenvalue weighted by atomic mass is 9.98. The lowest BCUT2D eigenvalue weighted by Crippen LogP contribution is -2.57. The highest BCUT2D eigenvalue weighted by Crippen LogP contribution is 2.28. The predicted octanol–water partition coefficient (Wildman–Crippen LogP) is -0.00960. The van der Waals surface area contributed by atoms with E-state index in [0.717, 1.165) is 75.9 Å². The zero-order valence-electron chi connectivity index (χ0n) is 24.7. The van der Waals surface area contributed by atoms with Crippen molar-refractivity contribution in [3.05, 3.63) is 0 Å². The second kappa shape index (κ2) is 13.8. The Bertz CT molecular complexity index is 997. The molecule has 0 bridgehead atoms. The Morgan fingerprint density at radius 2 is 1.09 bits per heavy atom. The number of aliphatic hydroxyl groups excluding tert-OH is 4. The second-order valence-electron chi connectivity index (χ2n) is 12.3. The van der Waals surface area contributed by atoms with Crippen LogP contribution < -0.4 is 0 Å². The molecule has 5 N–H and O–H groups in total. The Hall–Kier alpha value is -2.31. The van der Waals surface area contributed by atoms with Gasteiger partial charge in [0.15, 0.2) is 31.6 Å². The van der Waals surface area contributed by atoms with Gasteiger partial charge in [0, 0.05) is 13.1 Å². The van der Waals surface area contributed by atoms with Crippen LogP contribution >= 0.6 is 0 Å². The van der Waals surface area contributed by atoms with Crippen molar-refractivity contribution in [1.29, 1.82) is 0 Å². The molecule has 3 aliphatic heterocycles. The first-order valence-corrected chi connectivity index (χ1v) is 15.6. The monoisotopic (exact) mass is 615 g/mol. The van der Waals surface area contributed by atoms with Gasteiger partial charge >= 0.3 is 18.1 Å². The zero-order valence-corrected chi connectivity index (χ0v) is 24.7. The fourth-order valence-electron chi connectivity index (χ4n) is 6.71. The Morgan fingerprint density at radius 1 is 0.651 bits per heavy atom. The third-order valence-corrected chi connectivity index (χ3v) is 9.35. The quantitative estimate of drug-likeness (QED) is 0.148. The van der Waals surface area contributed by atoms with E-state index in [1.807, 2.05) is 0 Å². The number of aliphatic hydroxyl groups is 4. The second-order valence-corrected chi connectivity index (χ2v) is 12.3. The van der Waals surface area contributed by atoms with Crippen LogP contribution in [0.4, 0.5) is 14.4 Å². The van der Waals surface area contributed by atoms with E-state index in [4.69, 9.17) is 9.47 Å². The highest BCUT2D eigenvalue weighted by atomic mass is 16.6. The number of amides is 6. The molecule has 6 amide bonds. The number of carbonyl (C=O) groups is 3. The molecule has 5 atom stereocenters. The molecule has 0 spiro atoms. The van der Waals surface area contributed by atoms with Gasteiger partial charge in [-0.1, -0.05) is 43.2 Å². The Kier molecular flexibility index (Phi) is 10.3. The minimum absolute atomic E-state index is 0.0215. The molecule has 5 aliphatic rings. The number of urea groups is 3. The van der Waals surface area contributed by atoms with Crippen LogP contribution in [0.5, 0.6) is 0 Å². The normalized spacial score (nSPS) is 33.1. The SMILES string of the molecule is O=C1N(CCOC2CCCCC2)C(O)C(O)N1CN1CC[N+](O)(CN2C(=O)N(CCOC3CCCCC3)C(O)C2O)C1=O. The molecular weight excluding hydrogens is 568 g/mol. The first-order chi connectivity index (χ1) is 20.6. The van der Waals surface area contributed by atoms with Crippen molar-refractivity contribution >= 4 is 18.1 Å². The molecular formula is C27H47N6O10+. The van der Waals surface area contributed by atoms with E-state index in [-0.39, 0.29) is 51.6 Å². The van der Waals surface area contributed by atoms with Gasteiger partial charge in [-0.3, -0.25) is 19.6 Å². The number of hydroxylamine groups is 3. The van der Waals surface area contributed by atoms with Crippen LogP contribution in [0.25, 0.3) is 0 Å². The molecule has 3 heterocycles. The van der Waals surface area contributed by atoms with Crippen molar-refractivity contribution in [3.8, 4) is 0 Å². The van der Waals surface area contributed by atoms with Gasteiger partial charge in [-0.25, -0.2) is 24.5 Å². The molecule has 0 radical (unpaired) electrons. The van der Waals surface area contributed by atoms with E-state index in [9.17, 15) is 40.0 Å². The van der Waals surface area contributed by atoms with E-state index < -0.39 is 61.0 Å². The van der Waals surface area contributed by atoms with E-state index >= 15 is 0 Å². The highest BCUT2D eigenvalue weighted by molar-refractivity contribution is 5.79. The summed E-state index contributed by atoms with van der Waals surface area (Å²) in [5.41, 5.74) is 0. The van der Waals surface area contributed by atoms with E-state index in [2.05, 4.69) is 0 Å². The van der Waals surface area contributed by atoms with Crippen LogP contribution in [-0.2, 0) is 9.47 Å². The molecule has 0 aromatic rings. The Labute approximate surface area is 251 Å². The van der Waals surface area contributed by atoms with Gasteiger partial charge in [-0.05, 0) is 25.7 Å². The van der Waals surface area contributed by atoms with Gasteiger partial charge in [0.05, 0.1) is 32.0 Å². The van der Waals surface area contributed by atoms with Crippen LogP contribution in [0.1, 0.15) is 64.2 Å². The number of rotatable bonds is 12. The summed E-state index contributed by atoms with van der Waals surface area (Å²) in [4.78, 5) is 44.4. The molecule has 16 nitrogen and oxygen atoms in total. The molecule has 2 aliphatic carbocycles. The summed E-state index contributed by atoms with van der Waals surface area (Å²) in [6, 6.07) is -2.28. The van der Waals surface area contributed by atoms with Crippen molar-refractivity contribution in [2.45, 2.75) is 101 Å². The van der Waals surface area contributed by atoms with Gasteiger partial charge in [-0.15, -0.1) is 0 Å². The fourth-order valence-corrected chi connectivity index (χ4v) is 6.71. The summed E-state index contributed by atoms with van der Waals surface area (Å²) in [6.07, 6.45) is 4.38. The van der Waals surface area contributed by atoms with Crippen molar-refractivity contribution in [2.24, 2.45) is 0 Å². The molecule has 2 saturated carbocycles. The third kappa shape index (κ3) is 6.86. The predicted molar refractivity (Wildman–Crippen MR) is 146 cm³/mol. The molecule has 5 fully saturated rings. The maximum atomic E-state index is 13.3. The fraction of sp³-hybridized carbons (Fsp3) is 0.889. The summed E-state index contributed by atoms with van der Waals surface area (Å²) < 4.78 is 10.4. The Balaban J connectivity index is 1.12. The standard InChI is InChI=1S/C27H47N6O10/c34-21-23(36)31(25(38)29(21)12-15-42-19-7-3-1-4-8-19)17-28-11-14-33(41,27(28)40)18-32-24(37)22(35)30(26(32)39)13-16-43-20-9-5-2-6-10-20/h19-24,34-37,41H,1-18H2/q+1. The van der Waals surface area contributed by atoms with Crippen molar-refractivity contribution in [3.63, 3.8) is 0 Å². The number of hydrogen-bond acceptors (Lipinski definition) is 10. The molecule has 3 saturated heterocycles. The van der Waals surface area contributed by atoms with Crippen molar-refractivity contribution in [1.82, 2.24) is 24.5 Å². The lowest BCUT2D eigenvalue weighted by Gasteiger charge is -2.29. The first-order valence-electron chi connectivity index (χ1n) is 15.6. The molecule has 16 heteroatoms. The summed E-state index contributed by atoms with van der Waals surface area (Å²) in [6.45, 7) is -0.734. The van der Waals surface area contributed by atoms with Crippen LogP contribution in [0.2, 0.25) is 0 Å². The van der Waals surface area contributed by atoms with Crippen LogP contribution in [0, 0.1) is 0 Å². The number of nitrogens with zero attached hydrogens (tertiary/aromatic N) is 6. The van der Waals surface area contributed by atoms with Crippen LogP contribution in [-0.4, -0.2) is 163 Å². The molecule has 5 rings (SSSR count). The zero-order chi connectivity index (χ0) is 30.7. The van der Waals surface area contributed by atoms with Gasteiger partial charge < -0.3 is 29.9 Å². The number of hydrogen-bond donors (Lipinski definition) is 5. The highest BCUT2D eigenvalue weighted by Gasteiger charge is 2.55. The maximum Gasteiger partial charge on any atom is 0.454 e. The van der Waals surface area contributed by atoms with E-state index in [1.165, 1.54) is 12.8 Å².